The maximum absolute atomic E-state index is 5.76. The summed E-state index contributed by atoms with van der Waals surface area (Å²) in [5.41, 5.74) is 3.69. The van der Waals surface area contributed by atoms with Gasteiger partial charge in [-0.3, -0.25) is 0 Å². The van der Waals surface area contributed by atoms with Crippen molar-refractivity contribution in [2.75, 3.05) is 0 Å². The summed E-state index contributed by atoms with van der Waals surface area (Å²) in [6, 6.07) is 17.0. The number of para-hydroxylation sites is 1. The van der Waals surface area contributed by atoms with Gasteiger partial charge in [-0.2, -0.15) is 0 Å². The highest BCUT2D eigenvalue weighted by Crippen LogP contribution is 2.40. The summed E-state index contributed by atoms with van der Waals surface area (Å²) < 4.78 is 6.99. The third kappa shape index (κ3) is 2.70. The monoisotopic (exact) mass is 307 g/mol. The molecule has 2 atom stereocenters. The van der Waals surface area contributed by atoms with Gasteiger partial charge in [0, 0.05) is 0 Å². The Hall–Kier alpha value is -1.97. The van der Waals surface area contributed by atoms with Gasteiger partial charge in [0.15, 0.2) is 0 Å². The number of nitrogens with zero attached hydrogens (tertiary/aromatic N) is 1. The molecule has 1 saturated heterocycles. The standard InChI is InChI=1S/C19H17NOS/c1-2-13-7-9-14(10-8-13)19-16(21-19)11-12-18-20-15-5-3-4-6-17(15)22-18/h3-12,16,19H,2H2,1H3/b12-11+. The lowest BCUT2D eigenvalue weighted by atomic mass is 10.1. The summed E-state index contributed by atoms with van der Waals surface area (Å²) in [4.78, 5) is 4.61. The molecule has 1 fully saturated rings. The fourth-order valence-electron chi connectivity index (χ4n) is 2.62. The van der Waals surface area contributed by atoms with Gasteiger partial charge in [0.05, 0.1) is 10.2 Å². The van der Waals surface area contributed by atoms with E-state index >= 15 is 0 Å². The number of fused-ring (bicyclic) bond motifs is 1. The molecule has 0 radical (unpaired) electrons. The molecule has 2 nitrogen and oxygen atoms in total. The summed E-state index contributed by atoms with van der Waals surface area (Å²) in [7, 11) is 0. The van der Waals surface area contributed by atoms with Crippen LogP contribution in [0, 0.1) is 0 Å². The van der Waals surface area contributed by atoms with Gasteiger partial charge in [0.2, 0.25) is 0 Å². The molecule has 2 heterocycles. The number of hydrogen-bond acceptors (Lipinski definition) is 3. The Labute approximate surface area is 134 Å². The van der Waals surface area contributed by atoms with Crippen LogP contribution in [0.15, 0.2) is 54.6 Å². The van der Waals surface area contributed by atoms with Crippen molar-refractivity contribution in [3.05, 3.63) is 70.7 Å². The topological polar surface area (TPSA) is 25.4 Å². The van der Waals surface area contributed by atoms with Crippen LogP contribution in [0.2, 0.25) is 0 Å². The van der Waals surface area contributed by atoms with Crippen LogP contribution < -0.4 is 0 Å². The molecule has 3 aromatic rings. The Morgan fingerprint density at radius 2 is 1.95 bits per heavy atom. The number of aromatic nitrogens is 1. The summed E-state index contributed by atoms with van der Waals surface area (Å²) in [5, 5.41) is 1.04. The van der Waals surface area contributed by atoms with Gasteiger partial charge in [0.25, 0.3) is 0 Å². The summed E-state index contributed by atoms with van der Waals surface area (Å²) >= 11 is 1.72. The average molecular weight is 307 g/mol. The Balaban J connectivity index is 1.45. The largest absolute Gasteiger partial charge is 0.360 e. The highest BCUT2D eigenvalue weighted by atomic mass is 32.1. The molecule has 3 heteroatoms. The van der Waals surface area contributed by atoms with Crippen molar-refractivity contribution in [3.8, 4) is 0 Å². The highest BCUT2D eigenvalue weighted by molar-refractivity contribution is 7.19. The van der Waals surface area contributed by atoms with E-state index in [4.69, 9.17) is 4.74 Å². The number of hydrogen-bond donors (Lipinski definition) is 0. The van der Waals surface area contributed by atoms with E-state index in [1.807, 2.05) is 12.1 Å². The van der Waals surface area contributed by atoms with E-state index in [0.29, 0.717) is 0 Å². The molecule has 0 aliphatic carbocycles. The molecule has 1 aliphatic rings. The van der Waals surface area contributed by atoms with Gasteiger partial charge in [0.1, 0.15) is 17.2 Å². The zero-order valence-corrected chi connectivity index (χ0v) is 13.2. The van der Waals surface area contributed by atoms with Gasteiger partial charge < -0.3 is 4.74 Å². The molecule has 2 aromatic carbocycles. The number of aryl methyl sites for hydroxylation is 1. The van der Waals surface area contributed by atoms with Crippen molar-refractivity contribution >= 4 is 27.6 Å². The first-order chi connectivity index (χ1) is 10.8. The molecule has 1 aromatic heterocycles. The van der Waals surface area contributed by atoms with Crippen LogP contribution in [0.3, 0.4) is 0 Å². The second-order valence-corrected chi connectivity index (χ2v) is 6.56. The van der Waals surface area contributed by atoms with E-state index in [9.17, 15) is 0 Å². The number of thiazole rings is 1. The number of ether oxygens (including phenoxy) is 1. The second-order valence-electron chi connectivity index (χ2n) is 5.50. The zero-order valence-electron chi connectivity index (χ0n) is 12.4. The molecular weight excluding hydrogens is 290 g/mol. The number of epoxide rings is 1. The van der Waals surface area contributed by atoms with Gasteiger partial charge >= 0.3 is 0 Å². The van der Waals surface area contributed by atoms with Crippen molar-refractivity contribution in [3.63, 3.8) is 0 Å². The summed E-state index contributed by atoms with van der Waals surface area (Å²) in [6.07, 6.45) is 5.66. The minimum absolute atomic E-state index is 0.180. The van der Waals surface area contributed by atoms with Gasteiger partial charge in [-0.1, -0.05) is 43.3 Å². The smallest absolute Gasteiger partial charge is 0.117 e. The minimum atomic E-state index is 0.180. The predicted octanol–water partition coefficient (Wildman–Crippen LogP) is 5.01. The summed E-state index contributed by atoms with van der Waals surface area (Å²) in [5.74, 6) is 0. The van der Waals surface area contributed by atoms with Crippen LogP contribution >= 0.6 is 11.3 Å². The number of rotatable bonds is 4. The number of benzene rings is 2. The zero-order chi connectivity index (χ0) is 14.9. The first-order valence-corrected chi connectivity index (χ1v) is 8.43. The van der Waals surface area contributed by atoms with E-state index in [1.165, 1.54) is 15.8 Å². The van der Waals surface area contributed by atoms with Gasteiger partial charge in [-0.05, 0) is 41.8 Å². The maximum Gasteiger partial charge on any atom is 0.117 e. The van der Waals surface area contributed by atoms with Crippen LogP contribution in [0.25, 0.3) is 16.3 Å². The lowest BCUT2D eigenvalue weighted by Gasteiger charge is -1.98. The van der Waals surface area contributed by atoms with Crippen molar-refractivity contribution in [1.82, 2.24) is 4.98 Å². The Morgan fingerprint density at radius 1 is 1.14 bits per heavy atom. The van der Waals surface area contributed by atoms with E-state index in [2.05, 4.69) is 60.5 Å². The SMILES string of the molecule is CCc1ccc(C2OC2/C=C/c2nc3ccccc3s2)cc1. The quantitative estimate of drug-likeness (QED) is 0.633. The maximum atomic E-state index is 5.76. The fourth-order valence-corrected chi connectivity index (χ4v) is 3.50. The van der Waals surface area contributed by atoms with Crippen LogP contribution in [0.5, 0.6) is 0 Å². The predicted molar refractivity (Wildman–Crippen MR) is 92.1 cm³/mol. The van der Waals surface area contributed by atoms with Crippen molar-refractivity contribution in [2.45, 2.75) is 25.6 Å². The normalized spacial score (nSPS) is 20.8. The third-order valence-corrected chi connectivity index (χ3v) is 4.98. The Bertz CT molecular complexity index is 786. The molecule has 22 heavy (non-hydrogen) atoms. The lowest BCUT2D eigenvalue weighted by molar-refractivity contribution is 0.394. The summed E-state index contributed by atoms with van der Waals surface area (Å²) in [6.45, 7) is 2.17. The van der Waals surface area contributed by atoms with Crippen LogP contribution in [0.4, 0.5) is 0 Å². The second kappa shape index (κ2) is 5.67. The van der Waals surface area contributed by atoms with E-state index in [0.717, 1.165) is 16.9 Å². The molecule has 0 saturated carbocycles. The molecular formula is C19H17NOS. The van der Waals surface area contributed by atoms with Crippen molar-refractivity contribution < 1.29 is 4.74 Å². The molecule has 0 N–H and O–H groups in total. The van der Waals surface area contributed by atoms with Gasteiger partial charge in [-0.15, -0.1) is 11.3 Å². The Morgan fingerprint density at radius 3 is 2.73 bits per heavy atom. The molecule has 1 aliphatic heterocycles. The minimum Gasteiger partial charge on any atom is -0.360 e. The highest BCUT2D eigenvalue weighted by Gasteiger charge is 2.37. The Kier molecular flexibility index (Phi) is 3.53. The lowest BCUT2D eigenvalue weighted by Crippen LogP contribution is -1.86. The van der Waals surface area contributed by atoms with Crippen LogP contribution in [-0.4, -0.2) is 11.1 Å². The van der Waals surface area contributed by atoms with E-state index < -0.39 is 0 Å². The van der Waals surface area contributed by atoms with Crippen LogP contribution in [0.1, 0.15) is 29.2 Å². The first-order valence-electron chi connectivity index (χ1n) is 7.61. The average Bonchev–Trinajstić information content (AvgIpc) is 3.22. The molecule has 0 bridgehead atoms. The van der Waals surface area contributed by atoms with Gasteiger partial charge in [-0.25, -0.2) is 4.98 Å². The molecule has 4 rings (SSSR count). The fraction of sp³-hybridized carbons (Fsp3) is 0.211. The third-order valence-electron chi connectivity index (χ3n) is 3.98. The first kappa shape index (κ1) is 13.7. The van der Waals surface area contributed by atoms with Crippen molar-refractivity contribution in [1.29, 1.82) is 0 Å². The molecule has 0 spiro atoms. The van der Waals surface area contributed by atoms with Crippen LogP contribution in [-0.2, 0) is 11.2 Å². The molecule has 2 unspecified atom stereocenters. The molecule has 110 valence electrons. The van der Waals surface area contributed by atoms with Crippen molar-refractivity contribution in [2.24, 2.45) is 0 Å². The van der Waals surface area contributed by atoms with E-state index in [-0.39, 0.29) is 12.2 Å². The molecule has 0 amide bonds. The van der Waals surface area contributed by atoms with E-state index in [1.54, 1.807) is 11.3 Å².